The predicted octanol–water partition coefficient (Wildman–Crippen LogP) is 2.71. The Hall–Kier alpha value is -2.31. The van der Waals surface area contributed by atoms with E-state index >= 15 is 0 Å². The van der Waals surface area contributed by atoms with E-state index in [2.05, 4.69) is 18.8 Å². The third kappa shape index (κ3) is 3.61. The number of carbonyl (C=O) groups is 2. The van der Waals surface area contributed by atoms with E-state index in [1.165, 1.54) is 7.11 Å². The second-order valence-corrected chi connectivity index (χ2v) is 7.20. The number of ether oxygens (including phenoxy) is 2. The molecule has 0 bridgehead atoms. The summed E-state index contributed by atoms with van der Waals surface area (Å²) in [4.78, 5) is 32.7. The fourth-order valence-electron chi connectivity index (χ4n) is 3.77. The molecule has 0 aliphatic carbocycles. The number of pyridine rings is 1. The lowest BCUT2D eigenvalue weighted by molar-refractivity contribution is 0.00305. The number of nitrogens with zero attached hydrogens (tertiary/aromatic N) is 3. The number of rotatable bonds is 5. The van der Waals surface area contributed by atoms with Gasteiger partial charge in [-0.2, -0.15) is 0 Å². The summed E-state index contributed by atoms with van der Waals surface area (Å²) in [6.07, 6.45) is 4.70. The molecule has 3 rings (SSSR count). The van der Waals surface area contributed by atoms with Crippen LogP contribution < -0.4 is 4.74 Å². The Morgan fingerprint density at radius 1 is 1.42 bits per heavy atom. The van der Waals surface area contributed by atoms with Crippen LogP contribution in [0.2, 0.25) is 0 Å². The van der Waals surface area contributed by atoms with Crippen LogP contribution in [0.5, 0.6) is 5.88 Å². The van der Waals surface area contributed by atoms with Crippen molar-refractivity contribution in [1.82, 2.24) is 14.8 Å². The van der Waals surface area contributed by atoms with E-state index in [-0.39, 0.29) is 18.0 Å². The topological polar surface area (TPSA) is 72.0 Å². The van der Waals surface area contributed by atoms with E-state index in [0.29, 0.717) is 43.9 Å². The third-order valence-corrected chi connectivity index (χ3v) is 5.39. The Morgan fingerprint density at radius 2 is 2.15 bits per heavy atom. The molecule has 2 saturated heterocycles. The van der Waals surface area contributed by atoms with Gasteiger partial charge in [-0.15, -0.1) is 0 Å². The molecule has 0 saturated carbocycles. The van der Waals surface area contributed by atoms with Crippen LogP contribution in [-0.4, -0.2) is 65.2 Å². The van der Waals surface area contributed by atoms with Gasteiger partial charge in [0.1, 0.15) is 5.60 Å². The normalized spacial score (nSPS) is 20.2. The zero-order chi connectivity index (χ0) is 18.7. The highest BCUT2D eigenvalue weighted by molar-refractivity contribution is 5.94. The second-order valence-electron chi connectivity index (χ2n) is 7.20. The number of hydrogen-bond donors (Lipinski definition) is 0. The lowest BCUT2D eigenvalue weighted by atomic mass is 9.90. The van der Waals surface area contributed by atoms with Gasteiger partial charge in [-0.1, -0.05) is 13.3 Å². The number of piperidine rings is 1. The maximum atomic E-state index is 12.7. The van der Waals surface area contributed by atoms with Crippen molar-refractivity contribution in [3.8, 4) is 5.88 Å². The van der Waals surface area contributed by atoms with Crippen LogP contribution in [0.4, 0.5) is 4.79 Å². The maximum absolute atomic E-state index is 12.7. The van der Waals surface area contributed by atoms with Crippen molar-refractivity contribution in [2.75, 3.05) is 26.7 Å². The third-order valence-electron chi connectivity index (χ3n) is 5.39. The van der Waals surface area contributed by atoms with Crippen molar-refractivity contribution in [1.29, 1.82) is 0 Å². The summed E-state index contributed by atoms with van der Waals surface area (Å²) in [5, 5.41) is 0. The summed E-state index contributed by atoms with van der Waals surface area (Å²) < 4.78 is 10.8. The molecule has 2 aliphatic heterocycles. The fraction of sp³-hybridized carbons (Fsp3) is 0.632. The number of aromatic nitrogens is 1. The van der Waals surface area contributed by atoms with Crippen molar-refractivity contribution < 1.29 is 19.1 Å². The zero-order valence-electron chi connectivity index (χ0n) is 15.7. The van der Waals surface area contributed by atoms with E-state index in [9.17, 15) is 9.59 Å². The summed E-state index contributed by atoms with van der Waals surface area (Å²) in [6.45, 7) is 5.96. The number of carbonyl (C=O) groups excluding carboxylic acids is 2. The minimum absolute atomic E-state index is 0.0407. The van der Waals surface area contributed by atoms with E-state index in [1.807, 2.05) is 9.80 Å². The van der Waals surface area contributed by atoms with Gasteiger partial charge in [0.25, 0.3) is 5.91 Å². The minimum Gasteiger partial charge on any atom is -0.481 e. The van der Waals surface area contributed by atoms with Gasteiger partial charge in [-0.25, -0.2) is 9.78 Å². The standard InChI is InChI=1S/C19H27N3O4/c1-4-5-14(2)22-13-19(26-18(22)24)7-10-21(11-8-19)17(23)15-6-9-20-16(12-15)25-3/h6,9,12,14H,4-5,7-8,10-11,13H2,1-3H3/t14-/m0/s1. The van der Waals surface area contributed by atoms with Crippen LogP contribution in [-0.2, 0) is 4.74 Å². The van der Waals surface area contributed by atoms with Crippen LogP contribution >= 0.6 is 0 Å². The van der Waals surface area contributed by atoms with Crippen molar-refractivity contribution in [3.05, 3.63) is 23.9 Å². The monoisotopic (exact) mass is 361 g/mol. The molecule has 1 aromatic rings. The molecule has 7 nitrogen and oxygen atoms in total. The van der Waals surface area contributed by atoms with Gasteiger partial charge in [0.2, 0.25) is 5.88 Å². The number of methoxy groups -OCH3 is 1. The molecule has 2 amide bonds. The number of amides is 2. The van der Waals surface area contributed by atoms with Gasteiger partial charge in [0, 0.05) is 49.8 Å². The molecule has 0 aromatic carbocycles. The average molecular weight is 361 g/mol. The first-order valence-corrected chi connectivity index (χ1v) is 9.27. The van der Waals surface area contributed by atoms with E-state index in [1.54, 1.807) is 18.3 Å². The molecule has 0 N–H and O–H groups in total. The van der Waals surface area contributed by atoms with Crippen molar-refractivity contribution in [3.63, 3.8) is 0 Å². The average Bonchev–Trinajstić information content (AvgIpc) is 2.98. The molecule has 7 heteroatoms. The molecule has 0 radical (unpaired) electrons. The van der Waals surface area contributed by atoms with E-state index in [4.69, 9.17) is 9.47 Å². The van der Waals surface area contributed by atoms with Crippen molar-refractivity contribution in [2.45, 2.75) is 51.2 Å². The highest BCUT2D eigenvalue weighted by Crippen LogP contribution is 2.35. The Balaban J connectivity index is 1.62. The quantitative estimate of drug-likeness (QED) is 0.806. The Morgan fingerprint density at radius 3 is 2.81 bits per heavy atom. The largest absolute Gasteiger partial charge is 0.481 e. The summed E-state index contributed by atoms with van der Waals surface area (Å²) in [5.74, 6) is 0.385. The summed E-state index contributed by atoms with van der Waals surface area (Å²) in [7, 11) is 1.53. The smallest absolute Gasteiger partial charge is 0.410 e. The SMILES string of the molecule is CCC[C@H](C)N1CC2(CCN(C(=O)c3ccnc(OC)c3)CC2)OC1=O. The fourth-order valence-corrected chi connectivity index (χ4v) is 3.77. The first kappa shape index (κ1) is 18.5. The van der Waals surface area contributed by atoms with Gasteiger partial charge in [-0.3, -0.25) is 4.79 Å². The molecule has 2 aliphatic rings. The van der Waals surface area contributed by atoms with Gasteiger partial charge < -0.3 is 19.3 Å². The van der Waals surface area contributed by atoms with E-state index in [0.717, 1.165) is 12.8 Å². The predicted molar refractivity (Wildman–Crippen MR) is 96.2 cm³/mol. The molecule has 0 unspecified atom stereocenters. The molecule has 1 aromatic heterocycles. The van der Waals surface area contributed by atoms with Crippen LogP contribution in [0.3, 0.4) is 0 Å². The second kappa shape index (κ2) is 7.51. The molecular weight excluding hydrogens is 334 g/mol. The lowest BCUT2D eigenvalue weighted by Crippen LogP contribution is -2.49. The van der Waals surface area contributed by atoms with Crippen LogP contribution in [0.15, 0.2) is 18.3 Å². The van der Waals surface area contributed by atoms with Gasteiger partial charge in [0.15, 0.2) is 0 Å². The van der Waals surface area contributed by atoms with Gasteiger partial charge in [0.05, 0.1) is 13.7 Å². The number of likely N-dealkylation sites (tertiary alicyclic amines) is 1. The van der Waals surface area contributed by atoms with Crippen molar-refractivity contribution >= 4 is 12.0 Å². The molecular formula is C19H27N3O4. The molecule has 26 heavy (non-hydrogen) atoms. The highest BCUT2D eigenvalue weighted by Gasteiger charge is 2.48. The minimum atomic E-state index is -0.453. The van der Waals surface area contributed by atoms with Gasteiger partial charge in [-0.05, 0) is 19.4 Å². The summed E-state index contributed by atoms with van der Waals surface area (Å²) in [5.41, 5.74) is 0.112. The summed E-state index contributed by atoms with van der Waals surface area (Å²) >= 11 is 0. The Bertz CT molecular complexity index is 671. The summed E-state index contributed by atoms with van der Waals surface area (Å²) in [6, 6.07) is 3.53. The molecule has 1 spiro atoms. The van der Waals surface area contributed by atoms with Crippen LogP contribution in [0.1, 0.15) is 49.9 Å². The number of hydrogen-bond acceptors (Lipinski definition) is 5. The Kier molecular flexibility index (Phi) is 5.34. The maximum Gasteiger partial charge on any atom is 0.410 e. The van der Waals surface area contributed by atoms with Crippen LogP contribution in [0, 0.1) is 0 Å². The van der Waals surface area contributed by atoms with E-state index < -0.39 is 5.60 Å². The van der Waals surface area contributed by atoms with Gasteiger partial charge >= 0.3 is 6.09 Å². The first-order valence-electron chi connectivity index (χ1n) is 9.27. The first-order chi connectivity index (χ1) is 12.5. The molecule has 3 heterocycles. The Labute approximate surface area is 154 Å². The zero-order valence-corrected chi connectivity index (χ0v) is 15.7. The highest BCUT2D eigenvalue weighted by atomic mass is 16.6. The van der Waals surface area contributed by atoms with Crippen molar-refractivity contribution in [2.24, 2.45) is 0 Å². The van der Waals surface area contributed by atoms with Crippen LogP contribution in [0.25, 0.3) is 0 Å². The molecule has 142 valence electrons. The molecule has 1 atom stereocenters. The molecule has 2 fully saturated rings. The lowest BCUT2D eigenvalue weighted by Gasteiger charge is -2.37.